The van der Waals surface area contributed by atoms with Crippen molar-refractivity contribution >= 4 is 5.91 Å². The molecule has 0 aromatic heterocycles. The summed E-state index contributed by atoms with van der Waals surface area (Å²) < 4.78 is 46.9. The molecule has 1 saturated heterocycles. The lowest BCUT2D eigenvalue weighted by Crippen LogP contribution is -2.56. The van der Waals surface area contributed by atoms with Crippen molar-refractivity contribution in [3.63, 3.8) is 0 Å². The Hall–Kier alpha value is -1.60. The molecule has 2 N–H and O–H groups in total. The summed E-state index contributed by atoms with van der Waals surface area (Å²) in [7, 11) is 0. The van der Waals surface area contributed by atoms with Crippen LogP contribution in [0.1, 0.15) is 56.9 Å². The molecule has 2 aliphatic rings. The van der Waals surface area contributed by atoms with Crippen molar-refractivity contribution in [1.29, 1.82) is 0 Å². The van der Waals surface area contributed by atoms with Gasteiger partial charge in [0.05, 0.1) is 18.8 Å². The number of nitrogens with zero attached hydrogens (tertiary/aromatic N) is 1. The van der Waals surface area contributed by atoms with Crippen molar-refractivity contribution in [2.45, 2.75) is 69.6 Å². The normalized spacial score (nSPS) is 29.0. The second kappa shape index (κ2) is 8.61. The summed E-state index contributed by atoms with van der Waals surface area (Å²) in [6, 6.07) is 1.45. The van der Waals surface area contributed by atoms with Gasteiger partial charge < -0.3 is 15.4 Å². The quantitative estimate of drug-likeness (QED) is 0.809. The third-order valence-electron chi connectivity index (χ3n) is 5.87. The van der Waals surface area contributed by atoms with Crippen molar-refractivity contribution in [3.8, 4) is 0 Å². The summed E-state index contributed by atoms with van der Waals surface area (Å²) >= 11 is 0. The number of rotatable bonds is 4. The van der Waals surface area contributed by atoms with Crippen LogP contribution in [-0.4, -0.2) is 42.1 Å². The van der Waals surface area contributed by atoms with Crippen LogP contribution in [0.5, 0.6) is 0 Å². The number of piperidine rings is 1. The molecule has 0 bridgehead atoms. The Labute approximate surface area is 157 Å². The van der Waals surface area contributed by atoms with Crippen LogP contribution in [0.2, 0.25) is 0 Å². The zero-order valence-electron chi connectivity index (χ0n) is 15.6. The van der Waals surface area contributed by atoms with Gasteiger partial charge in [-0.05, 0) is 56.1 Å². The first-order valence-electron chi connectivity index (χ1n) is 9.65. The Bertz CT molecular complexity index is 677. The van der Waals surface area contributed by atoms with Gasteiger partial charge in [-0.15, -0.1) is 0 Å². The monoisotopic (exact) mass is 384 g/mol. The van der Waals surface area contributed by atoms with Crippen molar-refractivity contribution < 1.29 is 22.7 Å². The number of likely N-dealkylation sites (tertiary alicyclic amines) is 1. The van der Waals surface area contributed by atoms with E-state index in [1.54, 1.807) is 11.8 Å². The lowest BCUT2D eigenvalue weighted by Gasteiger charge is -2.40. The molecule has 150 valence electrons. The maximum Gasteiger partial charge on any atom is 0.219 e. The number of halogens is 3. The number of amides is 1. The molecule has 1 aliphatic heterocycles. The summed E-state index contributed by atoms with van der Waals surface area (Å²) in [5.74, 6) is -3.05. The van der Waals surface area contributed by atoms with Gasteiger partial charge in [-0.3, -0.25) is 4.79 Å². The highest BCUT2D eigenvalue weighted by atomic mass is 19.2. The zero-order chi connectivity index (χ0) is 19.6. The molecule has 1 saturated carbocycles. The molecule has 3 rings (SSSR count). The van der Waals surface area contributed by atoms with Gasteiger partial charge >= 0.3 is 0 Å². The maximum absolute atomic E-state index is 14.0. The largest absolute Gasteiger partial charge is 0.376 e. The summed E-state index contributed by atoms with van der Waals surface area (Å²) in [6.45, 7) is 2.64. The van der Waals surface area contributed by atoms with Gasteiger partial charge in [0, 0.05) is 25.6 Å². The van der Waals surface area contributed by atoms with E-state index in [4.69, 9.17) is 10.5 Å². The number of hydrogen-bond donors (Lipinski definition) is 1. The number of nitrogens with two attached hydrogens (primary N) is 1. The second-order valence-corrected chi connectivity index (χ2v) is 7.68. The first-order chi connectivity index (χ1) is 12.9. The minimum absolute atomic E-state index is 0.00562. The Kier molecular flexibility index (Phi) is 6.42. The molecule has 1 unspecified atom stereocenters. The summed E-state index contributed by atoms with van der Waals surface area (Å²) in [5.41, 5.74) is 6.29. The first-order valence-corrected chi connectivity index (χ1v) is 9.65. The summed E-state index contributed by atoms with van der Waals surface area (Å²) in [5, 5.41) is 0. The van der Waals surface area contributed by atoms with Gasteiger partial charge in [0.15, 0.2) is 11.6 Å². The van der Waals surface area contributed by atoms with E-state index < -0.39 is 17.5 Å². The molecule has 1 aromatic rings. The minimum Gasteiger partial charge on any atom is -0.376 e. The number of ether oxygens (including phenoxy) is 1. The second-order valence-electron chi connectivity index (χ2n) is 7.68. The van der Waals surface area contributed by atoms with Crippen molar-refractivity contribution in [1.82, 2.24) is 4.90 Å². The molecular formula is C20H27F3N2O2. The van der Waals surface area contributed by atoms with Crippen LogP contribution in [0.4, 0.5) is 13.2 Å². The predicted octanol–water partition coefficient (Wildman–Crippen LogP) is 3.48. The Morgan fingerprint density at radius 1 is 1.19 bits per heavy atom. The molecule has 4 nitrogen and oxygen atoms in total. The average Bonchev–Trinajstić information content (AvgIpc) is 2.64. The number of carbonyl (C=O) groups is 1. The molecule has 1 heterocycles. The molecule has 27 heavy (non-hydrogen) atoms. The van der Waals surface area contributed by atoms with E-state index in [2.05, 4.69) is 0 Å². The van der Waals surface area contributed by atoms with E-state index in [1.165, 1.54) is 0 Å². The lowest BCUT2D eigenvalue weighted by molar-refractivity contribution is -0.135. The highest BCUT2D eigenvalue weighted by Crippen LogP contribution is 2.36. The number of carbonyl (C=O) groups excluding carboxylic acids is 1. The fraction of sp³-hybridized carbons (Fsp3) is 0.650. The van der Waals surface area contributed by atoms with Crippen LogP contribution >= 0.6 is 0 Å². The Morgan fingerprint density at radius 2 is 1.89 bits per heavy atom. The topological polar surface area (TPSA) is 55.6 Å². The molecule has 1 aliphatic carbocycles. The van der Waals surface area contributed by atoms with Crippen LogP contribution in [0.3, 0.4) is 0 Å². The van der Waals surface area contributed by atoms with Crippen LogP contribution in [-0.2, 0) is 9.53 Å². The molecule has 7 heteroatoms. The smallest absolute Gasteiger partial charge is 0.219 e. The van der Waals surface area contributed by atoms with Gasteiger partial charge in [0.25, 0.3) is 0 Å². The Balaban J connectivity index is 1.55. The molecular weight excluding hydrogens is 357 g/mol. The fourth-order valence-electron chi connectivity index (χ4n) is 4.34. The molecule has 2 atom stereocenters. The van der Waals surface area contributed by atoms with Crippen LogP contribution < -0.4 is 5.73 Å². The average molecular weight is 384 g/mol. The predicted molar refractivity (Wildman–Crippen MR) is 95.6 cm³/mol. The van der Waals surface area contributed by atoms with E-state index in [1.807, 2.05) is 0 Å². The van der Waals surface area contributed by atoms with Crippen molar-refractivity contribution in [2.24, 2.45) is 5.73 Å². The molecule has 2 fully saturated rings. The van der Waals surface area contributed by atoms with E-state index in [0.29, 0.717) is 44.9 Å². The summed E-state index contributed by atoms with van der Waals surface area (Å²) in [4.78, 5) is 13.6. The van der Waals surface area contributed by atoms with Gasteiger partial charge in [0.1, 0.15) is 5.82 Å². The third-order valence-corrected chi connectivity index (χ3v) is 5.87. The van der Waals surface area contributed by atoms with E-state index in [9.17, 15) is 18.0 Å². The standard InChI is InChI=1S/C20H27F3N2O2/c1-12(26)25-8-2-3-18(24)19(25)11-27-15-6-4-13(5-7-15)16-9-14(21)10-17(22)20(16)23/h9-10,13,15,18-19H,2-8,11,24H2,1H3/t13-,15+,18?,19-/m0/s1. The number of benzene rings is 1. The highest BCUT2D eigenvalue weighted by molar-refractivity contribution is 5.73. The first kappa shape index (κ1) is 20.1. The SMILES string of the molecule is CC(=O)N1CCCC(N)[C@@H]1CO[C@H]1CC[C@@H](c2cc(F)cc(F)c2F)CC1. The van der Waals surface area contributed by atoms with E-state index >= 15 is 0 Å². The molecule has 0 spiro atoms. The van der Waals surface area contributed by atoms with Gasteiger partial charge in [-0.25, -0.2) is 13.2 Å². The number of hydrogen-bond acceptors (Lipinski definition) is 3. The highest BCUT2D eigenvalue weighted by Gasteiger charge is 2.32. The zero-order valence-corrected chi connectivity index (χ0v) is 15.6. The van der Waals surface area contributed by atoms with Gasteiger partial charge in [0.2, 0.25) is 5.91 Å². The van der Waals surface area contributed by atoms with Crippen LogP contribution in [0.25, 0.3) is 0 Å². The molecule has 0 radical (unpaired) electrons. The van der Waals surface area contributed by atoms with Crippen molar-refractivity contribution in [2.75, 3.05) is 13.2 Å². The van der Waals surface area contributed by atoms with Crippen LogP contribution in [0.15, 0.2) is 12.1 Å². The summed E-state index contributed by atoms with van der Waals surface area (Å²) in [6.07, 6.45) is 4.35. The maximum atomic E-state index is 14.0. The lowest BCUT2D eigenvalue weighted by atomic mass is 9.82. The van der Waals surface area contributed by atoms with E-state index in [0.717, 1.165) is 18.9 Å². The van der Waals surface area contributed by atoms with E-state index in [-0.39, 0.29) is 35.6 Å². The molecule has 1 aromatic carbocycles. The minimum atomic E-state index is -1.14. The van der Waals surface area contributed by atoms with Gasteiger partial charge in [-0.1, -0.05) is 0 Å². The fourth-order valence-corrected chi connectivity index (χ4v) is 4.34. The third kappa shape index (κ3) is 4.63. The van der Waals surface area contributed by atoms with Crippen molar-refractivity contribution in [3.05, 3.63) is 35.1 Å². The Morgan fingerprint density at radius 3 is 2.56 bits per heavy atom. The van der Waals surface area contributed by atoms with Crippen LogP contribution in [0, 0.1) is 17.5 Å². The molecule has 1 amide bonds. The van der Waals surface area contributed by atoms with Gasteiger partial charge in [-0.2, -0.15) is 0 Å².